The van der Waals surface area contributed by atoms with Crippen LogP contribution < -0.4 is 5.32 Å². The maximum atomic E-state index is 15.1. The number of ketones is 1. The topological polar surface area (TPSA) is 110 Å². The van der Waals surface area contributed by atoms with Gasteiger partial charge in [-0.1, -0.05) is 0 Å². The van der Waals surface area contributed by atoms with Gasteiger partial charge in [-0.2, -0.15) is 10.1 Å². The van der Waals surface area contributed by atoms with Crippen LogP contribution in [0.15, 0.2) is 21.4 Å². The van der Waals surface area contributed by atoms with Gasteiger partial charge in [0.05, 0.1) is 18.3 Å². The molecule has 0 aromatic heterocycles. The number of Topliss-reactive ketones (excluding diaryl/α,β-unsaturated/α-hetero) is 1. The van der Waals surface area contributed by atoms with E-state index in [0.29, 0.717) is 24.3 Å². The van der Waals surface area contributed by atoms with Crippen LogP contribution in [0.2, 0.25) is 0 Å². The first-order valence-electron chi connectivity index (χ1n) is 13.6. The highest BCUT2D eigenvalue weighted by molar-refractivity contribution is 6.21. The van der Waals surface area contributed by atoms with Gasteiger partial charge >= 0.3 is 12.2 Å². The number of carbonyl (C=O) groups is 3. The molecule has 0 bridgehead atoms. The lowest BCUT2D eigenvalue weighted by Crippen LogP contribution is -2.60. The van der Waals surface area contributed by atoms with Gasteiger partial charge < -0.3 is 14.8 Å². The molecule has 1 spiro atoms. The molecule has 38 heavy (non-hydrogen) atoms. The first-order valence-corrected chi connectivity index (χ1v) is 13.6. The number of aliphatic imine (C=N–C) groups is 1. The van der Waals surface area contributed by atoms with Crippen LogP contribution in [-0.2, 0) is 14.3 Å². The van der Waals surface area contributed by atoms with Crippen molar-refractivity contribution in [2.45, 2.75) is 110 Å². The van der Waals surface area contributed by atoms with E-state index in [-0.39, 0.29) is 24.7 Å². The van der Waals surface area contributed by atoms with Crippen LogP contribution in [0.3, 0.4) is 0 Å². The number of amides is 2. The van der Waals surface area contributed by atoms with Crippen molar-refractivity contribution in [3.63, 3.8) is 0 Å². The Labute approximate surface area is 224 Å². The van der Waals surface area contributed by atoms with E-state index in [0.717, 1.165) is 19.3 Å². The van der Waals surface area contributed by atoms with Crippen LogP contribution in [0, 0.1) is 17.3 Å². The molecule has 2 aliphatic heterocycles. The van der Waals surface area contributed by atoms with E-state index in [1.165, 1.54) is 10.6 Å². The summed E-state index contributed by atoms with van der Waals surface area (Å²) in [5.41, 5.74) is -0.0876. The van der Waals surface area contributed by atoms with E-state index in [9.17, 15) is 14.4 Å². The fourth-order valence-corrected chi connectivity index (χ4v) is 6.29. The van der Waals surface area contributed by atoms with E-state index in [4.69, 9.17) is 14.6 Å². The zero-order chi connectivity index (χ0) is 28.0. The van der Waals surface area contributed by atoms with Crippen LogP contribution in [0.5, 0.6) is 0 Å². The summed E-state index contributed by atoms with van der Waals surface area (Å²) < 4.78 is 25.9. The van der Waals surface area contributed by atoms with E-state index >= 15 is 4.39 Å². The van der Waals surface area contributed by atoms with Gasteiger partial charge in [-0.05, 0) is 98.5 Å². The number of nitrogens with zero attached hydrogens (tertiary/aromatic N) is 3. The van der Waals surface area contributed by atoms with Crippen molar-refractivity contribution in [1.82, 2.24) is 10.3 Å². The number of hydrogen-bond acceptors (Lipinski definition) is 7. The molecule has 9 nitrogen and oxygen atoms in total. The SMILES string of the molecule is CC1N(C(=O)OC(C)(C)C)N=C2C3=C(CCC=N3)CC3CCC(C[C@@H](F)CNC(=O)OC(C)(C)C)C(=O)C231. The molecule has 2 amide bonds. The third-order valence-electron chi connectivity index (χ3n) is 7.75. The number of ether oxygens (including phenoxy) is 2. The average Bonchev–Trinajstić information content (AvgIpc) is 3.11. The van der Waals surface area contributed by atoms with Crippen molar-refractivity contribution >= 4 is 29.9 Å². The fraction of sp³-hybridized carbons (Fsp3) is 0.750. The first kappa shape index (κ1) is 28.2. The number of nitrogens with one attached hydrogen (secondary N) is 1. The quantitative estimate of drug-likeness (QED) is 0.526. The van der Waals surface area contributed by atoms with Crippen molar-refractivity contribution in [3.05, 3.63) is 11.3 Å². The summed E-state index contributed by atoms with van der Waals surface area (Å²) in [4.78, 5) is 44.1. The molecule has 0 aromatic carbocycles. The molecule has 1 fully saturated rings. The first-order chi connectivity index (χ1) is 17.6. The van der Waals surface area contributed by atoms with E-state index in [1.807, 2.05) is 13.1 Å². The molecule has 2 aliphatic carbocycles. The summed E-state index contributed by atoms with van der Waals surface area (Å²) in [7, 11) is 0. The van der Waals surface area contributed by atoms with Crippen LogP contribution in [0.25, 0.3) is 0 Å². The highest BCUT2D eigenvalue weighted by Gasteiger charge is 2.65. The Kier molecular flexibility index (Phi) is 7.49. The second-order valence-corrected chi connectivity index (χ2v) is 12.9. The summed E-state index contributed by atoms with van der Waals surface area (Å²) in [5.74, 6) is -0.710. The maximum Gasteiger partial charge on any atom is 0.431 e. The largest absolute Gasteiger partial charge is 0.444 e. The molecule has 2 heterocycles. The molecule has 0 saturated heterocycles. The van der Waals surface area contributed by atoms with Crippen molar-refractivity contribution in [3.8, 4) is 0 Å². The molecule has 5 atom stereocenters. The molecule has 1 N–H and O–H groups in total. The third kappa shape index (κ3) is 5.36. The van der Waals surface area contributed by atoms with E-state index < -0.39 is 46.9 Å². The van der Waals surface area contributed by atoms with Gasteiger partial charge in [0.1, 0.15) is 28.5 Å². The lowest BCUT2D eigenvalue weighted by atomic mass is 9.52. The summed E-state index contributed by atoms with van der Waals surface area (Å²) in [6.45, 7) is 12.2. The molecule has 210 valence electrons. The molecule has 0 radical (unpaired) electrons. The minimum atomic E-state index is -1.42. The number of allylic oxidation sites excluding steroid dienone is 2. The lowest BCUT2D eigenvalue weighted by Gasteiger charge is -2.49. The number of rotatable bonds is 4. The Morgan fingerprint density at radius 1 is 1.18 bits per heavy atom. The monoisotopic (exact) mass is 532 g/mol. The Morgan fingerprint density at radius 3 is 2.53 bits per heavy atom. The third-order valence-corrected chi connectivity index (χ3v) is 7.75. The maximum absolute atomic E-state index is 15.1. The molecule has 1 saturated carbocycles. The van der Waals surface area contributed by atoms with Gasteiger partial charge in [0.15, 0.2) is 5.78 Å². The normalized spacial score (nSPS) is 29.7. The second kappa shape index (κ2) is 10.1. The van der Waals surface area contributed by atoms with Crippen LogP contribution in [-0.4, -0.2) is 64.9 Å². The molecule has 4 rings (SSSR count). The Hall–Kier alpha value is -2.78. The smallest absolute Gasteiger partial charge is 0.431 e. The zero-order valence-corrected chi connectivity index (χ0v) is 23.6. The molecule has 4 unspecified atom stereocenters. The molecular weight excluding hydrogens is 491 g/mol. The average molecular weight is 533 g/mol. The van der Waals surface area contributed by atoms with Gasteiger partial charge in [0.25, 0.3) is 0 Å². The van der Waals surface area contributed by atoms with Gasteiger partial charge in [0.2, 0.25) is 0 Å². The Balaban J connectivity index is 1.59. The van der Waals surface area contributed by atoms with Crippen molar-refractivity contribution in [2.75, 3.05) is 6.54 Å². The van der Waals surface area contributed by atoms with E-state index in [1.54, 1.807) is 41.5 Å². The van der Waals surface area contributed by atoms with Crippen molar-refractivity contribution in [1.29, 1.82) is 0 Å². The van der Waals surface area contributed by atoms with Crippen LogP contribution in [0.1, 0.15) is 87.0 Å². The predicted molar refractivity (Wildman–Crippen MR) is 142 cm³/mol. The number of alkyl carbamates (subject to hydrolysis) is 1. The van der Waals surface area contributed by atoms with Crippen molar-refractivity contribution < 1.29 is 28.2 Å². The minimum Gasteiger partial charge on any atom is -0.444 e. The summed E-state index contributed by atoms with van der Waals surface area (Å²) >= 11 is 0. The summed E-state index contributed by atoms with van der Waals surface area (Å²) in [6.07, 6.45) is 2.76. The highest BCUT2D eigenvalue weighted by Crippen LogP contribution is 2.57. The highest BCUT2D eigenvalue weighted by atomic mass is 19.1. The number of halogens is 1. The summed E-state index contributed by atoms with van der Waals surface area (Å²) in [6, 6.07) is -0.586. The van der Waals surface area contributed by atoms with E-state index in [2.05, 4.69) is 10.3 Å². The molecule has 10 heteroatoms. The zero-order valence-electron chi connectivity index (χ0n) is 23.6. The van der Waals surface area contributed by atoms with Gasteiger partial charge in [-0.15, -0.1) is 0 Å². The van der Waals surface area contributed by atoms with Gasteiger partial charge in [-0.3, -0.25) is 9.79 Å². The molecule has 0 aromatic rings. The van der Waals surface area contributed by atoms with Gasteiger partial charge in [0, 0.05) is 12.1 Å². The predicted octanol–water partition coefficient (Wildman–Crippen LogP) is 5.34. The van der Waals surface area contributed by atoms with Crippen molar-refractivity contribution in [2.24, 2.45) is 27.3 Å². The number of hydrazone groups is 1. The number of fused-ring (bicyclic) bond motifs is 1. The van der Waals surface area contributed by atoms with Crippen LogP contribution >= 0.6 is 0 Å². The summed E-state index contributed by atoms with van der Waals surface area (Å²) in [5, 5.41) is 8.47. The van der Waals surface area contributed by atoms with Crippen LogP contribution in [0.4, 0.5) is 14.0 Å². The number of hydrogen-bond donors (Lipinski definition) is 1. The Bertz CT molecular complexity index is 1090. The Morgan fingerprint density at radius 2 is 1.87 bits per heavy atom. The molecular formula is C28H41FN4O5. The standard InChI is InChI=1S/C28H41FN4O5/c1-16-28-19(11-10-18(23(28)34)14-20(29)15-31-24(35)37-26(2,3)4)13-17-9-8-12-30-21(17)22(28)32-33(16)25(36)38-27(5,6)7/h12,16,18-20H,8-11,13-15H2,1-7H3,(H,31,35)/t16?,18?,19?,20-,28?/m1/s1. The molecule has 4 aliphatic rings. The second-order valence-electron chi connectivity index (χ2n) is 12.9. The minimum absolute atomic E-state index is 0.0231. The fourth-order valence-electron chi connectivity index (χ4n) is 6.29. The number of alkyl halides is 1. The lowest BCUT2D eigenvalue weighted by molar-refractivity contribution is -0.139. The van der Waals surface area contributed by atoms with Gasteiger partial charge in [-0.25, -0.2) is 14.0 Å². The number of carbonyl (C=O) groups excluding carboxylic acids is 3.